The molecule has 0 heterocycles. The van der Waals surface area contributed by atoms with Gasteiger partial charge >= 0.3 is 0 Å². The molecular weight excluding hydrogens is 302 g/mol. The summed E-state index contributed by atoms with van der Waals surface area (Å²) in [5.41, 5.74) is -0.312. The zero-order chi connectivity index (χ0) is 15.8. The second-order valence-corrected chi connectivity index (χ2v) is 3.96. The SMILES string of the molecule is N#CC(C#N)=C(C#N)Nc1ccc(OCC(F)F)c(Cl)c1. The molecule has 0 aliphatic carbocycles. The van der Waals surface area contributed by atoms with Crippen molar-refractivity contribution >= 4 is 17.3 Å². The Morgan fingerprint density at radius 1 is 1.24 bits per heavy atom. The fraction of sp³-hybridized carbons (Fsp3) is 0.154. The van der Waals surface area contributed by atoms with Crippen LogP contribution in [0.25, 0.3) is 0 Å². The lowest BCUT2D eigenvalue weighted by atomic mass is 10.2. The summed E-state index contributed by atoms with van der Waals surface area (Å²) in [5, 5.41) is 28.8. The zero-order valence-corrected chi connectivity index (χ0v) is 11.2. The van der Waals surface area contributed by atoms with E-state index >= 15 is 0 Å². The third kappa shape index (κ3) is 4.65. The number of nitrogens with zero attached hydrogens (tertiary/aromatic N) is 3. The van der Waals surface area contributed by atoms with Gasteiger partial charge in [0.1, 0.15) is 36.3 Å². The average molecular weight is 309 g/mol. The third-order valence-electron chi connectivity index (χ3n) is 2.15. The van der Waals surface area contributed by atoms with Crippen LogP contribution in [0.5, 0.6) is 5.75 Å². The molecule has 1 N–H and O–H groups in total. The molecule has 0 unspecified atom stereocenters. The lowest BCUT2D eigenvalue weighted by Gasteiger charge is -2.10. The number of hydrogen-bond donors (Lipinski definition) is 1. The molecule has 1 aromatic carbocycles. The van der Waals surface area contributed by atoms with Gasteiger partial charge in [0.05, 0.1) is 5.02 Å². The van der Waals surface area contributed by atoms with Gasteiger partial charge in [-0.05, 0) is 18.2 Å². The Labute approximate surface area is 124 Å². The van der Waals surface area contributed by atoms with Crippen LogP contribution < -0.4 is 10.1 Å². The topological polar surface area (TPSA) is 92.6 Å². The number of ether oxygens (including phenoxy) is 1. The van der Waals surface area contributed by atoms with E-state index in [0.717, 1.165) is 0 Å². The summed E-state index contributed by atoms with van der Waals surface area (Å²) < 4.78 is 28.8. The Balaban J connectivity index is 2.96. The summed E-state index contributed by atoms with van der Waals surface area (Å²) in [4.78, 5) is 0. The summed E-state index contributed by atoms with van der Waals surface area (Å²) in [6.45, 7) is -0.789. The summed E-state index contributed by atoms with van der Waals surface area (Å²) in [5.74, 6) is 0.0609. The second kappa shape index (κ2) is 7.69. The van der Waals surface area contributed by atoms with Crippen LogP contribution in [0.4, 0.5) is 14.5 Å². The van der Waals surface area contributed by atoms with Crippen LogP contribution in [0.15, 0.2) is 29.5 Å². The predicted octanol–water partition coefficient (Wildman–Crippen LogP) is 3.22. The first-order valence-electron chi connectivity index (χ1n) is 5.44. The molecule has 8 heteroatoms. The van der Waals surface area contributed by atoms with Crippen molar-refractivity contribution in [2.45, 2.75) is 6.43 Å². The van der Waals surface area contributed by atoms with Gasteiger partial charge < -0.3 is 10.1 Å². The number of rotatable bonds is 5. The normalized spacial score (nSPS) is 9.19. The molecule has 106 valence electrons. The van der Waals surface area contributed by atoms with Gasteiger partial charge in [-0.2, -0.15) is 15.8 Å². The maximum atomic E-state index is 12.0. The van der Waals surface area contributed by atoms with E-state index in [1.807, 2.05) is 0 Å². The zero-order valence-electron chi connectivity index (χ0n) is 10.4. The molecule has 0 spiro atoms. The number of anilines is 1. The van der Waals surface area contributed by atoms with E-state index in [4.69, 9.17) is 32.1 Å². The molecule has 0 saturated carbocycles. The van der Waals surface area contributed by atoms with E-state index in [2.05, 4.69) is 5.32 Å². The molecule has 21 heavy (non-hydrogen) atoms. The monoisotopic (exact) mass is 308 g/mol. The van der Waals surface area contributed by atoms with E-state index in [9.17, 15) is 8.78 Å². The molecule has 0 radical (unpaired) electrons. The maximum Gasteiger partial charge on any atom is 0.272 e. The Hall–Kier alpha value is -2.82. The molecule has 0 fully saturated rings. The lowest BCUT2D eigenvalue weighted by Crippen LogP contribution is -2.07. The highest BCUT2D eigenvalue weighted by atomic mass is 35.5. The van der Waals surface area contributed by atoms with Gasteiger partial charge in [0, 0.05) is 5.69 Å². The first-order chi connectivity index (χ1) is 10.0. The van der Waals surface area contributed by atoms with Crippen molar-refractivity contribution in [1.29, 1.82) is 15.8 Å². The van der Waals surface area contributed by atoms with Crippen molar-refractivity contribution in [2.75, 3.05) is 11.9 Å². The van der Waals surface area contributed by atoms with Crippen molar-refractivity contribution in [3.8, 4) is 24.0 Å². The van der Waals surface area contributed by atoms with Gasteiger partial charge in [-0.25, -0.2) is 8.78 Å². The standard InChI is InChI=1S/C13H7ClF2N4O/c14-10-3-9(1-2-12(10)21-7-13(15)16)20-11(6-19)8(4-17)5-18/h1-3,13,20H,7H2. The quantitative estimate of drug-likeness (QED) is 0.843. The number of nitrogens with one attached hydrogen (secondary N) is 1. The van der Waals surface area contributed by atoms with Crippen molar-refractivity contribution in [3.63, 3.8) is 0 Å². The number of alkyl halides is 2. The van der Waals surface area contributed by atoms with E-state index < -0.39 is 13.0 Å². The minimum atomic E-state index is -2.62. The fourth-order valence-corrected chi connectivity index (χ4v) is 1.51. The molecular formula is C13H7ClF2N4O. The number of hydrogen-bond acceptors (Lipinski definition) is 5. The van der Waals surface area contributed by atoms with Gasteiger partial charge in [0.15, 0.2) is 5.57 Å². The highest BCUT2D eigenvalue weighted by molar-refractivity contribution is 6.32. The first kappa shape index (κ1) is 16.2. The Morgan fingerprint density at radius 2 is 1.90 bits per heavy atom. The Kier molecular flexibility index (Phi) is 5.95. The average Bonchev–Trinajstić information content (AvgIpc) is 2.46. The minimum absolute atomic E-state index is 0.0494. The molecule has 0 aromatic heterocycles. The van der Waals surface area contributed by atoms with E-state index in [0.29, 0.717) is 5.69 Å². The molecule has 0 amide bonds. The van der Waals surface area contributed by atoms with E-state index in [-0.39, 0.29) is 22.0 Å². The van der Waals surface area contributed by atoms with Crippen LogP contribution in [-0.2, 0) is 0 Å². The van der Waals surface area contributed by atoms with E-state index in [1.165, 1.54) is 18.2 Å². The smallest absolute Gasteiger partial charge is 0.272 e. The van der Waals surface area contributed by atoms with Crippen LogP contribution in [-0.4, -0.2) is 13.0 Å². The van der Waals surface area contributed by atoms with Gasteiger partial charge in [-0.1, -0.05) is 11.6 Å². The third-order valence-corrected chi connectivity index (χ3v) is 2.45. The Morgan fingerprint density at radius 3 is 2.38 bits per heavy atom. The van der Waals surface area contributed by atoms with Gasteiger partial charge in [0.2, 0.25) is 0 Å². The molecule has 5 nitrogen and oxygen atoms in total. The van der Waals surface area contributed by atoms with Crippen molar-refractivity contribution in [3.05, 3.63) is 34.5 Å². The highest BCUT2D eigenvalue weighted by Crippen LogP contribution is 2.28. The minimum Gasteiger partial charge on any atom is -0.486 e. The van der Waals surface area contributed by atoms with Crippen LogP contribution in [0, 0.1) is 34.0 Å². The summed E-state index contributed by atoms with van der Waals surface area (Å²) in [6.07, 6.45) is -2.62. The van der Waals surface area contributed by atoms with Gasteiger partial charge in [-0.15, -0.1) is 0 Å². The van der Waals surface area contributed by atoms with Crippen LogP contribution in [0.2, 0.25) is 5.02 Å². The number of allylic oxidation sites excluding steroid dienone is 2. The largest absolute Gasteiger partial charge is 0.486 e. The summed E-state index contributed by atoms with van der Waals surface area (Å²) in [7, 11) is 0. The van der Waals surface area contributed by atoms with Crippen LogP contribution in [0.1, 0.15) is 0 Å². The second-order valence-electron chi connectivity index (χ2n) is 3.56. The predicted molar refractivity (Wildman–Crippen MR) is 70.4 cm³/mol. The molecule has 0 atom stereocenters. The molecule has 1 rings (SSSR count). The Bertz CT molecular complexity index is 667. The fourth-order valence-electron chi connectivity index (χ4n) is 1.28. The summed E-state index contributed by atoms with van der Waals surface area (Å²) in [6, 6.07) is 8.90. The summed E-state index contributed by atoms with van der Waals surface area (Å²) >= 11 is 5.85. The maximum absolute atomic E-state index is 12.0. The molecule has 0 saturated heterocycles. The number of nitriles is 3. The van der Waals surface area contributed by atoms with Crippen LogP contribution in [0.3, 0.4) is 0 Å². The molecule has 1 aromatic rings. The van der Waals surface area contributed by atoms with Crippen molar-refractivity contribution in [2.24, 2.45) is 0 Å². The van der Waals surface area contributed by atoms with Gasteiger partial charge in [0.25, 0.3) is 6.43 Å². The van der Waals surface area contributed by atoms with Crippen molar-refractivity contribution in [1.82, 2.24) is 0 Å². The molecule has 0 bridgehead atoms. The highest BCUT2D eigenvalue weighted by Gasteiger charge is 2.10. The molecule has 0 aliphatic rings. The van der Waals surface area contributed by atoms with Crippen molar-refractivity contribution < 1.29 is 13.5 Å². The number of benzene rings is 1. The molecule has 0 aliphatic heterocycles. The first-order valence-corrected chi connectivity index (χ1v) is 5.81. The lowest BCUT2D eigenvalue weighted by molar-refractivity contribution is 0.0820. The number of halogens is 3. The van der Waals surface area contributed by atoms with Gasteiger partial charge in [-0.3, -0.25) is 0 Å². The van der Waals surface area contributed by atoms with E-state index in [1.54, 1.807) is 18.2 Å². The van der Waals surface area contributed by atoms with Crippen LogP contribution >= 0.6 is 11.6 Å².